The van der Waals surface area contributed by atoms with Crippen molar-refractivity contribution in [2.24, 2.45) is 0 Å². The van der Waals surface area contributed by atoms with Crippen LogP contribution < -0.4 is 5.32 Å². The Morgan fingerprint density at radius 2 is 2.00 bits per heavy atom. The van der Waals surface area contributed by atoms with E-state index >= 15 is 0 Å². The lowest BCUT2D eigenvalue weighted by molar-refractivity contribution is 0.564. The van der Waals surface area contributed by atoms with Crippen LogP contribution in [0, 0.1) is 11.8 Å². The maximum atomic E-state index is 3.48. The van der Waals surface area contributed by atoms with E-state index in [1.165, 1.54) is 4.88 Å². The van der Waals surface area contributed by atoms with Gasteiger partial charge in [0, 0.05) is 16.5 Å². The predicted octanol–water partition coefficient (Wildman–Crippen LogP) is 3.84. The van der Waals surface area contributed by atoms with E-state index in [1.807, 2.05) is 30.3 Å². The van der Waals surface area contributed by atoms with E-state index in [-0.39, 0.29) is 0 Å². The first kappa shape index (κ1) is 12.9. The molecule has 1 aromatic carbocycles. The monoisotopic (exact) mass is 255 g/mol. The molecular formula is C16H17NS. The minimum absolute atomic E-state index is 0.426. The van der Waals surface area contributed by atoms with Crippen molar-refractivity contribution in [3.05, 3.63) is 58.3 Å². The molecule has 0 spiro atoms. The molecule has 1 unspecified atom stereocenters. The van der Waals surface area contributed by atoms with Crippen molar-refractivity contribution in [3.63, 3.8) is 0 Å². The van der Waals surface area contributed by atoms with Gasteiger partial charge in [0.15, 0.2) is 0 Å². The van der Waals surface area contributed by atoms with Crippen molar-refractivity contribution in [3.8, 4) is 11.8 Å². The minimum Gasteiger partial charge on any atom is -0.299 e. The Morgan fingerprint density at radius 3 is 2.67 bits per heavy atom. The van der Waals surface area contributed by atoms with E-state index in [4.69, 9.17) is 0 Å². The van der Waals surface area contributed by atoms with Gasteiger partial charge >= 0.3 is 0 Å². The zero-order chi connectivity index (χ0) is 12.6. The first-order chi connectivity index (χ1) is 8.90. The van der Waals surface area contributed by atoms with Gasteiger partial charge in [0.2, 0.25) is 0 Å². The van der Waals surface area contributed by atoms with Gasteiger partial charge in [-0.15, -0.1) is 11.3 Å². The first-order valence-electron chi connectivity index (χ1n) is 6.21. The van der Waals surface area contributed by atoms with E-state index in [1.54, 1.807) is 11.3 Å². The second kappa shape index (κ2) is 7.00. The second-order valence-electron chi connectivity index (χ2n) is 4.02. The molecule has 92 valence electrons. The lowest BCUT2D eigenvalue weighted by Crippen LogP contribution is -2.20. The maximum Gasteiger partial charge on any atom is 0.0585 e. The van der Waals surface area contributed by atoms with Crippen LogP contribution in [0.5, 0.6) is 0 Å². The molecule has 1 heterocycles. The predicted molar refractivity (Wildman–Crippen MR) is 78.7 cm³/mol. The fourth-order valence-electron chi connectivity index (χ4n) is 1.78. The number of hydrogen-bond donors (Lipinski definition) is 1. The van der Waals surface area contributed by atoms with Crippen LogP contribution in [0.4, 0.5) is 0 Å². The van der Waals surface area contributed by atoms with Crippen LogP contribution >= 0.6 is 11.3 Å². The Hall–Kier alpha value is -1.56. The fourth-order valence-corrected chi connectivity index (χ4v) is 2.66. The summed E-state index contributed by atoms with van der Waals surface area (Å²) >= 11 is 1.80. The Balaban J connectivity index is 1.87. The molecule has 0 radical (unpaired) electrons. The van der Waals surface area contributed by atoms with Crippen molar-refractivity contribution >= 4 is 11.3 Å². The molecule has 0 amide bonds. The molecular weight excluding hydrogens is 238 g/mol. The molecule has 0 aliphatic rings. The topological polar surface area (TPSA) is 12.0 Å². The van der Waals surface area contributed by atoms with Crippen LogP contribution in [0.25, 0.3) is 0 Å². The molecule has 0 fully saturated rings. The van der Waals surface area contributed by atoms with Gasteiger partial charge in [0.05, 0.1) is 6.54 Å². The van der Waals surface area contributed by atoms with Crippen LogP contribution in [0.2, 0.25) is 0 Å². The van der Waals surface area contributed by atoms with E-state index in [0.717, 1.165) is 18.5 Å². The molecule has 0 saturated heterocycles. The first-order valence-corrected chi connectivity index (χ1v) is 7.09. The summed E-state index contributed by atoms with van der Waals surface area (Å²) < 4.78 is 0. The molecule has 0 bridgehead atoms. The van der Waals surface area contributed by atoms with E-state index in [9.17, 15) is 0 Å². The third-order valence-electron chi connectivity index (χ3n) is 2.74. The largest absolute Gasteiger partial charge is 0.299 e. The van der Waals surface area contributed by atoms with Gasteiger partial charge in [-0.3, -0.25) is 5.32 Å². The van der Waals surface area contributed by atoms with Gasteiger partial charge < -0.3 is 0 Å². The SMILES string of the molecule is CCC(NCC#Cc1ccccc1)c1cccs1. The van der Waals surface area contributed by atoms with Gasteiger partial charge in [0.25, 0.3) is 0 Å². The molecule has 0 aliphatic carbocycles. The molecule has 0 aliphatic heterocycles. The highest BCUT2D eigenvalue weighted by atomic mass is 32.1. The van der Waals surface area contributed by atoms with Gasteiger partial charge in [-0.05, 0) is 30.0 Å². The lowest BCUT2D eigenvalue weighted by atomic mass is 10.2. The average molecular weight is 255 g/mol. The van der Waals surface area contributed by atoms with Crippen molar-refractivity contribution < 1.29 is 0 Å². The Kier molecular flexibility index (Phi) is 5.01. The molecule has 1 N–H and O–H groups in total. The fraction of sp³-hybridized carbons (Fsp3) is 0.250. The normalized spacial score (nSPS) is 11.6. The summed E-state index contributed by atoms with van der Waals surface area (Å²) in [7, 11) is 0. The lowest BCUT2D eigenvalue weighted by Gasteiger charge is -2.12. The van der Waals surface area contributed by atoms with E-state index in [2.05, 4.69) is 41.6 Å². The summed E-state index contributed by atoms with van der Waals surface area (Å²) in [4.78, 5) is 1.39. The van der Waals surface area contributed by atoms with Gasteiger partial charge in [0.1, 0.15) is 0 Å². The van der Waals surface area contributed by atoms with Gasteiger partial charge in [-0.2, -0.15) is 0 Å². The van der Waals surface area contributed by atoms with E-state index < -0.39 is 0 Å². The zero-order valence-electron chi connectivity index (χ0n) is 10.5. The summed E-state index contributed by atoms with van der Waals surface area (Å²) in [6.07, 6.45) is 1.09. The van der Waals surface area contributed by atoms with Crippen molar-refractivity contribution in [2.75, 3.05) is 6.54 Å². The van der Waals surface area contributed by atoms with Crippen molar-refractivity contribution in [2.45, 2.75) is 19.4 Å². The standard InChI is InChI=1S/C16H17NS/c1-2-15(16-11-7-13-18-16)17-12-6-10-14-8-4-3-5-9-14/h3-5,7-9,11,13,15,17H,2,12H2,1H3. The number of thiophene rings is 1. The van der Waals surface area contributed by atoms with Crippen LogP contribution in [-0.2, 0) is 0 Å². The molecule has 2 heteroatoms. The van der Waals surface area contributed by atoms with Crippen LogP contribution in [0.1, 0.15) is 29.8 Å². The van der Waals surface area contributed by atoms with Gasteiger partial charge in [-0.1, -0.05) is 43.0 Å². The van der Waals surface area contributed by atoms with Crippen molar-refractivity contribution in [1.82, 2.24) is 5.32 Å². The van der Waals surface area contributed by atoms with E-state index in [0.29, 0.717) is 6.04 Å². The summed E-state index contributed by atoms with van der Waals surface area (Å²) in [6.45, 7) is 2.92. The number of nitrogens with one attached hydrogen (secondary N) is 1. The molecule has 18 heavy (non-hydrogen) atoms. The van der Waals surface area contributed by atoms with Crippen LogP contribution in [0.15, 0.2) is 47.8 Å². The number of hydrogen-bond acceptors (Lipinski definition) is 2. The molecule has 1 atom stereocenters. The Bertz CT molecular complexity index is 505. The summed E-state index contributed by atoms with van der Waals surface area (Å²) in [5, 5.41) is 5.60. The van der Waals surface area contributed by atoms with Crippen molar-refractivity contribution in [1.29, 1.82) is 0 Å². The number of rotatable bonds is 4. The maximum absolute atomic E-state index is 3.48. The quantitative estimate of drug-likeness (QED) is 0.818. The average Bonchev–Trinajstić information content (AvgIpc) is 2.94. The smallest absolute Gasteiger partial charge is 0.0585 e. The summed E-state index contributed by atoms with van der Waals surface area (Å²) in [6, 6.07) is 14.8. The van der Waals surface area contributed by atoms with Crippen LogP contribution in [0.3, 0.4) is 0 Å². The molecule has 1 nitrogen and oxygen atoms in total. The summed E-state index contributed by atoms with van der Waals surface area (Å²) in [5.41, 5.74) is 1.07. The van der Waals surface area contributed by atoms with Crippen LogP contribution in [-0.4, -0.2) is 6.54 Å². The summed E-state index contributed by atoms with van der Waals surface area (Å²) in [5.74, 6) is 6.33. The number of benzene rings is 1. The Morgan fingerprint density at radius 1 is 1.17 bits per heavy atom. The highest BCUT2D eigenvalue weighted by Crippen LogP contribution is 2.21. The third kappa shape index (κ3) is 3.73. The highest BCUT2D eigenvalue weighted by molar-refractivity contribution is 7.10. The molecule has 2 aromatic rings. The highest BCUT2D eigenvalue weighted by Gasteiger charge is 2.07. The molecule has 0 saturated carbocycles. The molecule has 2 rings (SSSR count). The molecule has 1 aromatic heterocycles. The zero-order valence-corrected chi connectivity index (χ0v) is 11.3. The van der Waals surface area contributed by atoms with Gasteiger partial charge in [-0.25, -0.2) is 0 Å². The minimum atomic E-state index is 0.426. The second-order valence-corrected chi connectivity index (χ2v) is 5.00. The third-order valence-corrected chi connectivity index (χ3v) is 3.72. The Labute approximate surface area is 113 Å².